The van der Waals surface area contributed by atoms with Gasteiger partial charge in [0.25, 0.3) is 0 Å². The third-order valence-electron chi connectivity index (χ3n) is 2.01. The number of aliphatic hydroxyl groups excluding tert-OH is 1. The van der Waals surface area contributed by atoms with Crippen LogP contribution in [0.15, 0.2) is 0 Å². The lowest BCUT2D eigenvalue weighted by molar-refractivity contribution is -0.149. The predicted octanol–water partition coefficient (Wildman–Crippen LogP) is -0.0913. The Balaban J connectivity index is 2.51. The molecule has 0 aromatic carbocycles. The van der Waals surface area contributed by atoms with Crippen molar-refractivity contribution in [2.45, 2.75) is 31.5 Å². The number of ether oxygens (including phenoxy) is 1. The quantitative estimate of drug-likeness (QED) is 0.543. The first-order valence-corrected chi connectivity index (χ1v) is 3.61. The highest BCUT2D eigenvalue weighted by Crippen LogP contribution is 2.24. The van der Waals surface area contributed by atoms with Gasteiger partial charge in [0, 0.05) is 6.61 Å². The van der Waals surface area contributed by atoms with Gasteiger partial charge in [-0.05, 0) is 19.8 Å². The average Bonchev–Trinajstić information content (AvgIpc) is 1.87. The fourth-order valence-electron chi connectivity index (χ4n) is 1.25. The molecule has 1 aliphatic heterocycles. The van der Waals surface area contributed by atoms with Gasteiger partial charge in [0.2, 0.25) is 0 Å². The normalized spacial score (nSPS) is 41.7. The molecule has 0 aliphatic carbocycles. The Kier molecular flexibility index (Phi) is 2.28. The van der Waals surface area contributed by atoms with Crippen molar-refractivity contribution in [2.75, 3.05) is 13.2 Å². The zero-order valence-corrected chi connectivity index (χ0v) is 6.21. The van der Waals surface area contributed by atoms with Crippen LogP contribution in [0, 0.1) is 0 Å². The van der Waals surface area contributed by atoms with Crippen LogP contribution in [0.1, 0.15) is 19.8 Å². The second-order valence-electron chi connectivity index (χ2n) is 3.00. The molecule has 0 radical (unpaired) electrons. The summed E-state index contributed by atoms with van der Waals surface area (Å²) in [4.78, 5) is 0. The second kappa shape index (κ2) is 2.86. The molecule has 0 bridgehead atoms. The molecule has 0 amide bonds. The molecule has 3 heteroatoms. The van der Waals surface area contributed by atoms with Gasteiger partial charge in [0.1, 0.15) is 6.10 Å². The molecule has 2 N–H and O–H groups in total. The minimum absolute atomic E-state index is 0.0903. The summed E-state index contributed by atoms with van der Waals surface area (Å²) in [7, 11) is 0. The summed E-state index contributed by atoms with van der Waals surface area (Å²) < 4.78 is 5.14. The lowest BCUT2D eigenvalue weighted by Crippen LogP contribution is -2.46. The Labute approximate surface area is 60.6 Å². The molecule has 3 nitrogen and oxygen atoms in total. The van der Waals surface area contributed by atoms with Gasteiger partial charge in [-0.2, -0.15) is 0 Å². The SMILES string of the molecule is CC1(O)CCCOC1CO. The Morgan fingerprint density at radius 1 is 1.70 bits per heavy atom. The Morgan fingerprint density at radius 2 is 2.40 bits per heavy atom. The first kappa shape index (κ1) is 7.98. The van der Waals surface area contributed by atoms with Crippen LogP contribution in [0.2, 0.25) is 0 Å². The summed E-state index contributed by atoms with van der Waals surface area (Å²) in [5.74, 6) is 0. The smallest absolute Gasteiger partial charge is 0.109 e. The minimum Gasteiger partial charge on any atom is -0.394 e. The summed E-state index contributed by atoms with van der Waals surface area (Å²) in [5, 5.41) is 18.3. The second-order valence-corrected chi connectivity index (χ2v) is 3.00. The van der Waals surface area contributed by atoms with Crippen molar-refractivity contribution < 1.29 is 14.9 Å². The van der Waals surface area contributed by atoms with Crippen molar-refractivity contribution in [1.82, 2.24) is 0 Å². The maximum Gasteiger partial charge on any atom is 0.109 e. The summed E-state index contributed by atoms with van der Waals surface area (Å²) >= 11 is 0. The molecule has 0 saturated carbocycles. The van der Waals surface area contributed by atoms with E-state index >= 15 is 0 Å². The fourth-order valence-corrected chi connectivity index (χ4v) is 1.25. The van der Waals surface area contributed by atoms with Gasteiger partial charge in [-0.25, -0.2) is 0 Å². The number of rotatable bonds is 1. The first-order chi connectivity index (χ1) is 4.67. The first-order valence-electron chi connectivity index (χ1n) is 3.61. The van der Waals surface area contributed by atoms with E-state index in [1.807, 2.05) is 0 Å². The van der Waals surface area contributed by atoms with E-state index < -0.39 is 5.60 Å². The largest absolute Gasteiger partial charge is 0.394 e. The van der Waals surface area contributed by atoms with E-state index in [9.17, 15) is 5.11 Å². The van der Waals surface area contributed by atoms with E-state index in [0.717, 1.165) is 12.8 Å². The third kappa shape index (κ3) is 1.48. The zero-order valence-electron chi connectivity index (χ0n) is 6.21. The molecule has 60 valence electrons. The zero-order chi connectivity index (χ0) is 7.61. The molecular weight excluding hydrogens is 132 g/mol. The number of hydrogen-bond acceptors (Lipinski definition) is 3. The maximum atomic E-state index is 9.55. The van der Waals surface area contributed by atoms with E-state index in [1.54, 1.807) is 6.92 Å². The van der Waals surface area contributed by atoms with Crippen LogP contribution in [-0.4, -0.2) is 35.1 Å². The minimum atomic E-state index is -0.826. The van der Waals surface area contributed by atoms with E-state index in [4.69, 9.17) is 9.84 Å². The standard InChI is InChI=1S/C7H14O3/c1-7(9)3-2-4-10-6(7)5-8/h6,8-9H,2-5H2,1H3. The van der Waals surface area contributed by atoms with E-state index in [1.165, 1.54) is 0 Å². The molecule has 2 unspecified atom stereocenters. The highest BCUT2D eigenvalue weighted by atomic mass is 16.5. The molecule has 1 heterocycles. The van der Waals surface area contributed by atoms with Crippen molar-refractivity contribution in [3.63, 3.8) is 0 Å². The average molecular weight is 146 g/mol. The van der Waals surface area contributed by atoms with Crippen molar-refractivity contribution in [3.8, 4) is 0 Å². The molecule has 0 aromatic heterocycles. The van der Waals surface area contributed by atoms with Gasteiger partial charge in [0.15, 0.2) is 0 Å². The molecule has 1 saturated heterocycles. The third-order valence-corrected chi connectivity index (χ3v) is 2.01. The summed E-state index contributed by atoms with van der Waals surface area (Å²) in [6.45, 7) is 2.27. The van der Waals surface area contributed by atoms with Crippen molar-refractivity contribution in [1.29, 1.82) is 0 Å². The highest BCUT2D eigenvalue weighted by Gasteiger charge is 2.34. The van der Waals surface area contributed by atoms with Gasteiger partial charge in [-0.3, -0.25) is 0 Å². The van der Waals surface area contributed by atoms with Crippen LogP contribution >= 0.6 is 0 Å². The Morgan fingerprint density at radius 3 is 2.80 bits per heavy atom. The summed E-state index contributed by atoms with van der Waals surface area (Å²) in [6, 6.07) is 0. The van der Waals surface area contributed by atoms with Crippen LogP contribution in [0.4, 0.5) is 0 Å². The molecule has 0 aromatic rings. The van der Waals surface area contributed by atoms with Crippen LogP contribution in [0.25, 0.3) is 0 Å². The molecule has 1 fully saturated rings. The molecule has 1 aliphatic rings. The van der Waals surface area contributed by atoms with Crippen molar-refractivity contribution >= 4 is 0 Å². The lowest BCUT2D eigenvalue weighted by Gasteiger charge is -2.35. The summed E-state index contributed by atoms with van der Waals surface area (Å²) in [6.07, 6.45) is 1.21. The Hall–Kier alpha value is -0.120. The van der Waals surface area contributed by atoms with Gasteiger partial charge < -0.3 is 14.9 Å². The van der Waals surface area contributed by atoms with Crippen LogP contribution in [0.5, 0.6) is 0 Å². The van der Waals surface area contributed by atoms with Crippen LogP contribution < -0.4 is 0 Å². The van der Waals surface area contributed by atoms with E-state index in [-0.39, 0.29) is 12.7 Å². The molecule has 2 atom stereocenters. The molecule has 10 heavy (non-hydrogen) atoms. The Bertz CT molecular complexity index is 111. The van der Waals surface area contributed by atoms with Crippen LogP contribution in [0.3, 0.4) is 0 Å². The van der Waals surface area contributed by atoms with Gasteiger partial charge >= 0.3 is 0 Å². The number of aliphatic hydroxyl groups is 2. The lowest BCUT2D eigenvalue weighted by atomic mass is 9.92. The summed E-state index contributed by atoms with van der Waals surface area (Å²) in [5.41, 5.74) is -0.826. The van der Waals surface area contributed by atoms with Crippen molar-refractivity contribution in [2.24, 2.45) is 0 Å². The van der Waals surface area contributed by atoms with Gasteiger partial charge in [-0.15, -0.1) is 0 Å². The monoisotopic (exact) mass is 146 g/mol. The van der Waals surface area contributed by atoms with Crippen molar-refractivity contribution in [3.05, 3.63) is 0 Å². The highest BCUT2D eigenvalue weighted by molar-refractivity contribution is 4.85. The van der Waals surface area contributed by atoms with Crippen LogP contribution in [-0.2, 0) is 4.74 Å². The topological polar surface area (TPSA) is 49.7 Å². The molecular formula is C7H14O3. The predicted molar refractivity (Wildman–Crippen MR) is 36.7 cm³/mol. The molecule has 0 spiro atoms. The molecule has 1 rings (SSSR count). The fraction of sp³-hybridized carbons (Fsp3) is 1.00. The van der Waals surface area contributed by atoms with E-state index in [2.05, 4.69) is 0 Å². The number of hydrogen-bond donors (Lipinski definition) is 2. The van der Waals surface area contributed by atoms with Gasteiger partial charge in [-0.1, -0.05) is 0 Å². The van der Waals surface area contributed by atoms with E-state index in [0.29, 0.717) is 6.61 Å². The van der Waals surface area contributed by atoms with Gasteiger partial charge in [0.05, 0.1) is 12.2 Å². The maximum absolute atomic E-state index is 9.55.